The first kappa shape index (κ1) is 13.8. The van der Waals surface area contributed by atoms with E-state index in [9.17, 15) is 0 Å². The molecular weight excluding hydrogens is 292 g/mol. The second-order valence-electron chi connectivity index (χ2n) is 4.37. The molecule has 0 radical (unpaired) electrons. The lowest BCUT2D eigenvalue weighted by atomic mass is 10.2. The highest BCUT2D eigenvalue weighted by atomic mass is 32.1. The van der Waals surface area contributed by atoms with Crippen molar-refractivity contribution in [2.45, 2.75) is 6.92 Å². The van der Waals surface area contributed by atoms with E-state index in [4.69, 9.17) is 15.2 Å². The fraction of sp³-hybridized carbons (Fsp3) is 0.357. The van der Waals surface area contributed by atoms with Crippen LogP contribution < -0.4 is 10.5 Å². The molecule has 0 aliphatic rings. The number of ether oxygens (including phenoxy) is 2. The zero-order valence-electron chi connectivity index (χ0n) is 11.2. The minimum absolute atomic E-state index is 0.536. The van der Waals surface area contributed by atoms with Gasteiger partial charge in [0.1, 0.15) is 12.4 Å². The maximum atomic E-state index is 5.86. The van der Waals surface area contributed by atoms with Gasteiger partial charge in [0.15, 0.2) is 0 Å². The minimum atomic E-state index is 0.536. The van der Waals surface area contributed by atoms with E-state index in [1.807, 2.05) is 6.92 Å². The highest BCUT2D eigenvalue weighted by molar-refractivity contribution is 7.21. The van der Waals surface area contributed by atoms with E-state index in [2.05, 4.69) is 22.5 Å². The van der Waals surface area contributed by atoms with Crippen LogP contribution in [0.5, 0.6) is 5.75 Å². The van der Waals surface area contributed by atoms with Gasteiger partial charge in [-0.15, -0.1) is 22.7 Å². The molecular formula is C14H16N2O2S2. The number of nitrogens with two attached hydrogens (primary N) is 1. The molecule has 0 saturated carbocycles. The number of rotatable bonds is 6. The molecule has 2 N–H and O–H groups in total. The molecule has 0 bridgehead atoms. The fourth-order valence-electron chi connectivity index (χ4n) is 2.10. The van der Waals surface area contributed by atoms with Gasteiger partial charge in [-0.25, -0.2) is 4.98 Å². The number of thiophene rings is 1. The topological polar surface area (TPSA) is 57.4 Å². The van der Waals surface area contributed by atoms with Gasteiger partial charge in [0.2, 0.25) is 0 Å². The van der Waals surface area contributed by atoms with Crippen molar-refractivity contribution in [1.82, 2.24) is 4.98 Å². The van der Waals surface area contributed by atoms with Gasteiger partial charge >= 0.3 is 0 Å². The van der Waals surface area contributed by atoms with Crippen LogP contribution >= 0.6 is 22.7 Å². The van der Waals surface area contributed by atoms with E-state index in [1.54, 1.807) is 22.7 Å². The van der Waals surface area contributed by atoms with Gasteiger partial charge in [-0.05, 0) is 18.4 Å². The SMILES string of the molecule is Cc1nc2c(cc(OCCOCCN)c3ccsc32)s1. The molecule has 0 unspecified atom stereocenters. The van der Waals surface area contributed by atoms with Crippen molar-refractivity contribution in [3.05, 3.63) is 22.5 Å². The Balaban J connectivity index is 1.86. The Bertz CT molecular complexity index is 720. The lowest BCUT2D eigenvalue weighted by Crippen LogP contribution is -2.13. The Morgan fingerprint density at radius 3 is 3.05 bits per heavy atom. The zero-order chi connectivity index (χ0) is 13.9. The molecule has 3 rings (SSSR count). The van der Waals surface area contributed by atoms with Crippen molar-refractivity contribution in [2.75, 3.05) is 26.4 Å². The van der Waals surface area contributed by atoms with Crippen LogP contribution in [0.25, 0.3) is 20.3 Å². The summed E-state index contributed by atoms with van der Waals surface area (Å²) < 4.78 is 13.6. The molecule has 0 spiro atoms. The van der Waals surface area contributed by atoms with Crippen LogP contribution in [0, 0.1) is 6.92 Å². The van der Waals surface area contributed by atoms with Crippen LogP contribution in [0.15, 0.2) is 17.5 Å². The van der Waals surface area contributed by atoms with Gasteiger partial charge in [0.25, 0.3) is 0 Å². The third-order valence-electron chi connectivity index (χ3n) is 2.92. The van der Waals surface area contributed by atoms with Crippen molar-refractivity contribution in [3.63, 3.8) is 0 Å². The standard InChI is InChI=1S/C14H16N2O2S2/c1-9-16-13-12(20-9)8-11(10-2-7-19-14(10)13)18-6-5-17-4-3-15/h2,7-8H,3-6,15H2,1H3. The second kappa shape index (κ2) is 6.05. The Labute approximate surface area is 125 Å². The second-order valence-corrected chi connectivity index (χ2v) is 6.52. The summed E-state index contributed by atoms with van der Waals surface area (Å²) in [4.78, 5) is 4.61. The van der Waals surface area contributed by atoms with E-state index >= 15 is 0 Å². The van der Waals surface area contributed by atoms with Crippen LogP contribution in [-0.4, -0.2) is 31.3 Å². The summed E-state index contributed by atoms with van der Waals surface area (Å²) in [7, 11) is 0. The Morgan fingerprint density at radius 1 is 1.30 bits per heavy atom. The molecule has 3 aromatic rings. The lowest BCUT2D eigenvalue weighted by molar-refractivity contribution is 0.106. The van der Waals surface area contributed by atoms with Gasteiger partial charge in [-0.1, -0.05) is 0 Å². The molecule has 0 aliphatic heterocycles. The van der Waals surface area contributed by atoms with Crippen molar-refractivity contribution in [1.29, 1.82) is 0 Å². The third-order valence-corrected chi connectivity index (χ3v) is 4.75. The average molecular weight is 308 g/mol. The number of aromatic nitrogens is 1. The average Bonchev–Trinajstić information content (AvgIpc) is 3.03. The zero-order valence-corrected chi connectivity index (χ0v) is 12.9. The monoisotopic (exact) mass is 308 g/mol. The van der Waals surface area contributed by atoms with E-state index in [0.29, 0.717) is 26.4 Å². The summed E-state index contributed by atoms with van der Waals surface area (Å²) in [6, 6.07) is 4.17. The molecule has 0 atom stereocenters. The van der Waals surface area contributed by atoms with Crippen LogP contribution in [-0.2, 0) is 4.74 Å². The maximum absolute atomic E-state index is 5.86. The largest absolute Gasteiger partial charge is 0.490 e. The van der Waals surface area contributed by atoms with Crippen molar-refractivity contribution in [3.8, 4) is 5.75 Å². The highest BCUT2D eigenvalue weighted by Crippen LogP contribution is 2.38. The van der Waals surface area contributed by atoms with Gasteiger partial charge < -0.3 is 15.2 Å². The summed E-state index contributed by atoms with van der Waals surface area (Å²) in [5.74, 6) is 0.911. The lowest BCUT2D eigenvalue weighted by Gasteiger charge is -2.08. The molecule has 4 nitrogen and oxygen atoms in total. The van der Waals surface area contributed by atoms with E-state index in [0.717, 1.165) is 21.7 Å². The maximum Gasteiger partial charge on any atom is 0.129 e. The molecule has 0 fully saturated rings. The molecule has 0 amide bonds. The smallest absolute Gasteiger partial charge is 0.129 e. The Kier molecular flexibility index (Phi) is 4.16. The Morgan fingerprint density at radius 2 is 2.20 bits per heavy atom. The Hall–Kier alpha value is -1.21. The van der Waals surface area contributed by atoms with Gasteiger partial charge in [-0.3, -0.25) is 0 Å². The molecule has 0 aliphatic carbocycles. The van der Waals surface area contributed by atoms with Crippen molar-refractivity contribution in [2.24, 2.45) is 5.73 Å². The van der Waals surface area contributed by atoms with Crippen molar-refractivity contribution >= 4 is 43.0 Å². The first-order valence-electron chi connectivity index (χ1n) is 6.47. The van der Waals surface area contributed by atoms with Gasteiger partial charge in [0.05, 0.1) is 33.1 Å². The molecule has 6 heteroatoms. The quantitative estimate of drug-likeness (QED) is 0.711. The highest BCUT2D eigenvalue weighted by Gasteiger charge is 2.12. The van der Waals surface area contributed by atoms with Crippen LogP contribution in [0.1, 0.15) is 5.01 Å². The van der Waals surface area contributed by atoms with E-state index in [-0.39, 0.29) is 0 Å². The number of hydrogen-bond donors (Lipinski definition) is 1. The molecule has 1 aromatic carbocycles. The molecule has 106 valence electrons. The first-order chi connectivity index (χ1) is 9.79. The summed E-state index contributed by atoms with van der Waals surface area (Å²) in [5, 5.41) is 4.29. The first-order valence-corrected chi connectivity index (χ1v) is 8.17. The fourth-order valence-corrected chi connectivity index (χ4v) is 3.94. The van der Waals surface area contributed by atoms with Crippen LogP contribution in [0.2, 0.25) is 0 Å². The number of thiazole rings is 1. The minimum Gasteiger partial charge on any atom is -0.490 e. The van der Waals surface area contributed by atoms with Crippen LogP contribution in [0.3, 0.4) is 0 Å². The summed E-state index contributed by atoms with van der Waals surface area (Å²) >= 11 is 3.41. The predicted octanol–water partition coefficient (Wildman–Crippen LogP) is 3.17. The normalized spacial score (nSPS) is 11.5. The van der Waals surface area contributed by atoms with Crippen LogP contribution in [0.4, 0.5) is 0 Å². The number of benzene rings is 1. The van der Waals surface area contributed by atoms with E-state index in [1.165, 1.54) is 9.40 Å². The van der Waals surface area contributed by atoms with E-state index < -0.39 is 0 Å². The molecule has 2 heterocycles. The molecule has 20 heavy (non-hydrogen) atoms. The molecule has 2 aromatic heterocycles. The number of fused-ring (bicyclic) bond motifs is 3. The predicted molar refractivity (Wildman–Crippen MR) is 85.1 cm³/mol. The molecule has 0 saturated heterocycles. The summed E-state index contributed by atoms with van der Waals surface area (Å²) in [5.41, 5.74) is 6.46. The number of nitrogens with zero attached hydrogens (tertiary/aromatic N) is 1. The van der Waals surface area contributed by atoms with Crippen molar-refractivity contribution < 1.29 is 9.47 Å². The number of aryl methyl sites for hydroxylation is 1. The van der Waals surface area contributed by atoms with Gasteiger partial charge in [0, 0.05) is 18.0 Å². The summed E-state index contributed by atoms with van der Waals surface area (Å²) in [6.07, 6.45) is 0. The third kappa shape index (κ3) is 2.64. The van der Waals surface area contributed by atoms with Gasteiger partial charge in [-0.2, -0.15) is 0 Å². The summed E-state index contributed by atoms with van der Waals surface area (Å²) in [6.45, 7) is 4.24. The number of hydrogen-bond acceptors (Lipinski definition) is 6.